The van der Waals surface area contributed by atoms with Gasteiger partial charge in [-0.2, -0.15) is 0 Å². The van der Waals surface area contributed by atoms with Crippen molar-refractivity contribution in [1.82, 2.24) is 4.98 Å². The zero-order valence-corrected chi connectivity index (χ0v) is 10.8. The molecule has 0 saturated heterocycles. The summed E-state index contributed by atoms with van der Waals surface area (Å²) in [5, 5.41) is 0.0788. The van der Waals surface area contributed by atoms with Gasteiger partial charge in [0, 0.05) is 18.2 Å². The molecule has 0 radical (unpaired) electrons. The second-order valence-corrected chi connectivity index (χ2v) is 5.18. The van der Waals surface area contributed by atoms with Crippen LogP contribution in [0, 0.1) is 0 Å². The molecule has 4 heteroatoms. The van der Waals surface area contributed by atoms with Crippen molar-refractivity contribution < 1.29 is 9.21 Å². The number of aryl methyl sites for hydroxylation is 1. The fourth-order valence-electron chi connectivity index (χ4n) is 1.62. The molecule has 0 bridgehead atoms. The first kappa shape index (κ1) is 12.2. The van der Waals surface area contributed by atoms with E-state index >= 15 is 0 Å². The summed E-state index contributed by atoms with van der Waals surface area (Å²) >= 11 is 1.21. The van der Waals surface area contributed by atoms with Gasteiger partial charge in [-0.05, 0) is 24.6 Å². The van der Waals surface area contributed by atoms with E-state index in [-0.39, 0.29) is 5.12 Å². The Morgan fingerprint density at radius 1 is 1.47 bits per heavy atom. The summed E-state index contributed by atoms with van der Waals surface area (Å²) in [6, 6.07) is 5.68. The third-order valence-corrected chi connectivity index (χ3v) is 3.19. The molecule has 1 aromatic carbocycles. The van der Waals surface area contributed by atoms with Crippen LogP contribution in [0.25, 0.3) is 11.1 Å². The molecule has 3 nitrogen and oxygen atoms in total. The smallest absolute Gasteiger partial charge is 0.195 e. The third kappa shape index (κ3) is 3.09. The largest absolute Gasteiger partial charge is 0.441 e. The predicted molar refractivity (Wildman–Crippen MR) is 69.2 cm³/mol. The molecule has 0 saturated carbocycles. The summed E-state index contributed by atoms with van der Waals surface area (Å²) in [6.45, 7) is 3.70. The zero-order valence-electron chi connectivity index (χ0n) is 10.0. The van der Waals surface area contributed by atoms with Crippen LogP contribution in [-0.4, -0.2) is 10.1 Å². The summed E-state index contributed by atoms with van der Waals surface area (Å²) in [6.07, 6.45) is 3.09. The van der Waals surface area contributed by atoms with Gasteiger partial charge < -0.3 is 4.42 Å². The Balaban J connectivity index is 2.24. The quantitative estimate of drug-likeness (QED) is 0.773. The van der Waals surface area contributed by atoms with Gasteiger partial charge in [0.15, 0.2) is 16.6 Å². The van der Waals surface area contributed by atoms with Crippen LogP contribution in [0.1, 0.15) is 32.6 Å². The van der Waals surface area contributed by atoms with Gasteiger partial charge in [0.05, 0.1) is 0 Å². The highest BCUT2D eigenvalue weighted by atomic mass is 32.2. The van der Waals surface area contributed by atoms with Crippen LogP contribution < -0.4 is 0 Å². The van der Waals surface area contributed by atoms with Crippen LogP contribution in [0.15, 0.2) is 27.5 Å². The summed E-state index contributed by atoms with van der Waals surface area (Å²) in [4.78, 5) is 16.3. The van der Waals surface area contributed by atoms with Crippen molar-refractivity contribution in [3.05, 3.63) is 24.1 Å². The van der Waals surface area contributed by atoms with E-state index in [1.54, 1.807) is 6.92 Å². The SMILES string of the molecule is CCCCc1nc2ccc(SC(C)=O)cc2o1. The lowest BCUT2D eigenvalue weighted by molar-refractivity contribution is -0.109. The number of thioether (sulfide) groups is 1. The third-order valence-electron chi connectivity index (χ3n) is 2.41. The number of carbonyl (C=O) groups excluding carboxylic acids is 1. The van der Waals surface area contributed by atoms with E-state index in [2.05, 4.69) is 11.9 Å². The van der Waals surface area contributed by atoms with Crippen LogP contribution in [-0.2, 0) is 11.2 Å². The zero-order chi connectivity index (χ0) is 12.3. The van der Waals surface area contributed by atoms with Crippen molar-refractivity contribution in [3.63, 3.8) is 0 Å². The highest BCUT2D eigenvalue weighted by Crippen LogP contribution is 2.25. The number of carbonyl (C=O) groups is 1. The van der Waals surface area contributed by atoms with E-state index in [0.717, 1.165) is 41.1 Å². The highest BCUT2D eigenvalue weighted by molar-refractivity contribution is 8.13. The van der Waals surface area contributed by atoms with Gasteiger partial charge >= 0.3 is 0 Å². The van der Waals surface area contributed by atoms with E-state index in [4.69, 9.17) is 4.42 Å². The molecule has 17 heavy (non-hydrogen) atoms. The van der Waals surface area contributed by atoms with E-state index in [0.29, 0.717) is 0 Å². The number of unbranched alkanes of at least 4 members (excludes halogenated alkanes) is 1. The van der Waals surface area contributed by atoms with Crippen molar-refractivity contribution in [2.24, 2.45) is 0 Å². The number of rotatable bonds is 4. The Hall–Kier alpha value is -1.29. The first-order valence-electron chi connectivity index (χ1n) is 5.77. The van der Waals surface area contributed by atoms with Crippen molar-refractivity contribution in [3.8, 4) is 0 Å². The molecule has 0 amide bonds. The molecule has 2 rings (SSSR count). The average Bonchev–Trinajstić information content (AvgIpc) is 2.67. The summed E-state index contributed by atoms with van der Waals surface area (Å²) in [5.74, 6) is 0.784. The summed E-state index contributed by atoms with van der Waals surface area (Å²) in [7, 11) is 0. The van der Waals surface area contributed by atoms with Gasteiger partial charge in [-0.1, -0.05) is 25.1 Å². The lowest BCUT2D eigenvalue weighted by Gasteiger charge is -1.95. The molecule has 1 aromatic heterocycles. The van der Waals surface area contributed by atoms with E-state index in [1.807, 2.05) is 18.2 Å². The highest BCUT2D eigenvalue weighted by Gasteiger charge is 2.07. The Morgan fingerprint density at radius 3 is 3.00 bits per heavy atom. The molecule has 0 N–H and O–H groups in total. The predicted octanol–water partition coefficient (Wildman–Crippen LogP) is 3.81. The average molecular weight is 249 g/mol. The minimum absolute atomic E-state index is 0.0788. The van der Waals surface area contributed by atoms with Crippen LogP contribution in [0.4, 0.5) is 0 Å². The lowest BCUT2D eigenvalue weighted by atomic mass is 10.2. The maximum Gasteiger partial charge on any atom is 0.195 e. The van der Waals surface area contributed by atoms with Gasteiger partial charge in [0.25, 0.3) is 0 Å². The Labute approximate surface area is 105 Å². The molecule has 1 heterocycles. The summed E-state index contributed by atoms with van der Waals surface area (Å²) in [5.41, 5.74) is 1.63. The van der Waals surface area contributed by atoms with Crippen molar-refractivity contribution in [1.29, 1.82) is 0 Å². The number of fused-ring (bicyclic) bond motifs is 1. The number of oxazole rings is 1. The molecule has 0 atom stereocenters. The van der Waals surface area contributed by atoms with Crippen molar-refractivity contribution in [2.45, 2.75) is 38.0 Å². The molecular weight excluding hydrogens is 234 g/mol. The lowest BCUT2D eigenvalue weighted by Crippen LogP contribution is -1.82. The maximum absolute atomic E-state index is 11.0. The number of hydrogen-bond acceptors (Lipinski definition) is 4. The van der Waals surface area contributed by atoms with Gasteiger partial charge in [0.2, 0.25) is 0 Å². The van der Waals surface area contributed by atoms with Gasteiger partial charge in [-0.25, -0.2) is 4.98 Å². The number of hydrogen-bond donors (Lipinski definition) is 0. The molecular formula is C13H15NO2S. The molecule has 90 valence electrons. The number of benzene rings is 1. The normalized spacial score (nSPS) is 10.9. The van der Waals surface area contributed by atoms with Gasteiger partial charge in [-0.3, -0.25) is 4.79 Å². The monoisotopic (exact) mass is 249 g/mol. The molecule has 2 aromatic rings. The minimum atomic E-state index is 0.0788. The Kier molecular flexibility index (Phi) is 3.84. The Bertz CT molecular complexity index is 533. The second-order valence-electron chi connectivity index (χ2n) is 3.93. The first-order valence-corrected chi connectivity index (χ1v) is 6.58. The van der Waals surface area contributed by atoms with Crippen LogP contribution in [0.3, 0.4) is 0 Å². The molecule has 0 aliphatic carbocycles. The van der Waals surface area contributed by atoms with Gasteiger partial charge in [-0.15, -0.1) is 0 Å². The number of nitrogens with zero attached hydrogens (tertiary/aromatic N) is 1. The summed E-state index contributed by atoms with van der Waals surface area (Å²) < 4.78 is 5.66. The first-order chi connectivity index (χ1) is 8.19. The molecule has 0 fully saturated rings. The molecule has 0 aliphatic rings. The van der Waals surface area contributed by atoms with E-state index in [9.17, 15) is 4.79 Å². The van der Waals surface area contributed by atoms with E-state index < -0.39 is 0 Å². The fraction of sp³-hybridized carbons (Fsp3) is 0.385. The molecule has 0 spiro atoms. The van der Waals surface area contributed by atoms with Crippen LogP contribution in [0.5, 0.6) is 0 Å². The van der Waals surface area contributed by atoms with Crippen molar-refractivity contribution in [2.75, 3.05) is 0 Å². The topological polar surface area (TPSA) is 43.1 Å². The van der Waals surface area contributed by atoms with E-state index in [1.165, 1.54) is 11.8 Å². The van der Waals surface area contributed by atoms with Crippen LogP contribution in [0.2, 0.25) is 0 Å². The maximum atomic E-state index is 11.0. The molecule has 0 aliphatic heterocycles. The minimum Gasteiger partial charge on any atom is -0.441 e. The van der Waals surface area contributed by atoms with Crippen LogP contribution >= 0.6 is 11.8 Å². The second kappa shape index (κ2) is 5.36. The Morgan fingerprint density at radius 2 is 2.29 bits per heavy atom. The standard InChI is InChI=1S/C13H15NO2S/c1-3-4-5-13-14-11-7-6-10(17-9(2)15)8-12(11)16-13/h6-8H,3-5H2,1-2H3. The molecule has 0 unspecified atom stereocenters. The van der Waals surface area contributed by atoms with Gasteiger partial charge in [0.1, 0.15) is 5.52 Å². The fourth-order valence-corrected chi connectivity index (χ4v) is 2.25. The number of aromatic nitrogens is 1. The van der Waals surface area contributed by atoms with Crippen molar-refractivity contribution >= 4 is 28.0 Å².